The molecule has 8 heteroatoms. The Morgan fingerprint density at radius 3 is 2.47 bits per heavy atom. The summed E-state index contributed by atoms with van der Waals surface area (Å²) < 4.78 is 40.1. The second-order valence-corrected chi connectivity index (χ2v) is 5.20. The first-order chi connectivity index (χ1) is 8.54. The zero-order valence-corrected chi connectivity index (χ0v) is 10.7. The minimum absolute atomic E-state index is 0.0804. The van der Waals surface area contributed by atoms with Gasteiger partial charge in [-0.05, 0) is 18.3 Å². The van der Waals surface area contributed by atoms with Gasteiger partial charge in [-0.2, -0.15) is 13.2 Å². The fraction of sp³-hybridized carbons (Fsp3) is 0.818. The van der Waals surface area contributed by atoms with Crippen LogP contribution in [0.4, 0.5) is 18.0 Å². The second-order valence-electron chi connectivity index (χ2n) is 5.20. The van der Waals surface area contributed by atoms with Crippen LogP contribution in [0.25, 0.3) is 0 Å². The van der Waals surface area contributed by atoms with Crippen molar-refractivity contribution in [1.29, 1.82) is 0 Å². The molecule has 1 unspecified atom stereocenters. The van der Waals surface area contributed by atoms with Crippen LogP contribution in [0.15, 0.2) is 0 Å². The molecule has 1 fully saturated rings. The molecule has 5 nitrogen and oxygen atoms in total. The van der Waals surface area contributed by atoms with Crippen LogP contribution in [0.1, 0.15) is 26.7 Å². The summed E-state index contributed by atoms with van der Waals surface area (Å²) in [6.45, 7) is 1.69. The smallest absolute Gasteiger partial charge is 0.422 e. The van der Waals surface area contributed by atoms with Gasteiger partial charge in [0.1, 0.15) is 6.04 Å². The number of carbonyl (C=O) groups excluding carboxylic acids is 1. The Hall–Kier alpha value is -1.47. The summed E-state index contributed by atoms with van der Waals surface area (Å²) in [5.74, 6) is -1.24. The molecular weight excluding hydrogens is 267 g/mol. The Labute approximate surface area is 108 Å². The maximum Gasteiger partial charge on any atom is 0.422 e. The Kier molecular flexibility index (Phi) is 4.32. The maximum atomic E-state index is 12.0. The molecule has 1 atom stereocenters. The molecule has 0 aromatic rings. The minimum atomic E-state index is -4.63. The average Bonchev–Trinajstić information content (AvgIpc) is 2.22. The number of alkyl halides is 3. The maximum absolute atomic E-state index is 12.0. The first-order valence-corrected chi connectivity index (χ1v) is 5.77. The summed E-state index contributed by atoms with van der Waals surface area (Å²) >= 11 is 0. The highest BCUT2D eigenvalue weighted by atomic mass is 19.4. The Bertz CT molecular complexity index is 367. The van der Waals surface area contributed by atoms with Crippen molar-refractivity contribution < 1.29 is 32.6 Å². The van der Waals surface area contributed by atoms with Crippen LogP contribution in [-0.2, 0) is 9.53 Å². The van der Waals surface area contributed by atoms with E-state index in [1.165, 1.54) is 0 Å². The third-order valence-corrected chi connectivity index (χ3v) is 3.10. The van der Waals surface area contributed by atoms with Crippen molar-refractivity contribution in [2.75, 3.05) is 13.2 Å². The lowest BCUT2D eigenvalue weighted by molar-refractivity contribution is -0.166. The molecule has 1 saturated heterocycles. The highest BCUT2D eigenvalue weighted by Crippen LogP contribution is 2.35. The van der Waals surface area contributed by atoms with Crippen molar-refractivity contribution in [1.82, 2.24) is 4.90 Å². The lowest BCUT2D eigenvalue weighted by Crippen LogP contribution is -2.56. The summed E-state index contributed by atoms with van der Waals surface area (Å²) in [6.07, 6.45) is -4.76. The summed E-state index contributed by atoms with van der Waals surface area (Å²) in [5, 5.41) is 9.15. The highest BCUT2D eigenvalue weighted by molar-refractivity contribution is 5.81. The van der Waals surface area contributed by atoms with Crippen molar-refractivity contribution >= 4 is 12.1 Å². The molecule has 19 heavy (non-hydrogen) atoms. The van der Waals surface area contributed by atoms with E-state index in [0.29, 0.717) is 12.8 Å². The number of carboxylic acid groups (broad SMARTS) is 1. The van der Waals surface area contributed by atoms with Gasteiger partial charge in [0.2, 0.25) is 0 Å². The number of hydrogen-bond donors (Lipinski definition) is 1. The molecule has 1 aliphatic rings. The van der Waals surface area contributed by atoms with E-state index >= 15 is 0 Å². The molecule has 1 heterocycles. The number of carbonyl (C=O) groups is 2. The molecule has 1 amide bonds. The van der Waals surface area contributed by atoms with Crippen LogP contribution < -0.4 is 0 Å². The molecule has 1 N–H and O–H groups in total. The van der Waals surface area contributed by atoms with Crippen LogP contribution in [-0.4, -0.2) is 47.4 Å². The first kappa shape index (κ1) is 15.6. The number of hydrogen-bond acceptors (Lipinski definition) is 3. The number of rotatable bonds is 2. The van der Waals surface area contributed by atoms with E-state index in [-0.39, 0.29) is 6.54 Å². The predicted octanol–water partition coefficient (Wildman–Crippen LogP) is 2.26. The van der Waals surface area contributed by atoms with Crippen molar-refractivity contribution in [2.45, 2.75) is 38.9 Å². The summed E-state index contributed by atoms with van der Waals surface area (Å²) in [7, 11) is 0. The molecule has 0 bridgehead atoms. The number of piperidine rings is 1. The Balaban J connectivity index is 2.79. The molecule has 110 valence electrons. The number of aliphatic carboxylic acids is 1. The molecule has 0 aliphatic carbocycles. The monoisotopic (exact) mass is 283 g/mol. The van der Waals surface area contributed by atoms with Crippen LogP contribution in [0, 0.1) is 5.41 Å². The van der Waals surface area contributed by atoms with Gasteiger partial charge < -0.3 is 9.84 Å². The Morgan fingerprint density at radius 2 is 2.00 bits per heavy atom. The SMILES string of the molecule is CC1(C)CCCN(C(=O)OCC(F)(F)F)C1C(=O)O. The van der Waals surface area contributed by atoms with Gasteiger partial charge in [-0.15, -0.1) is 0 Å². The predicted molar refractivity (Wildman–Crippen MR) is 58.5 cm³/mol. The van der Waals surface area contributed by atoms with Gasteiger partial charge in [-0.3, -0.25) is 4.90 Å². The number of amides is 1. The number of ether oxygens (including phenoxy) is 1. The first-order valence-electron chi connectivity index (χ1n) is 5.77. The van der Waals surface area contributed by atoms with Gasteiger partial charge in [0.15, 0.2) is 6.61 Å². The van der Waals surface area contributed by atoms with Crippen molar-refractivity contribution in [2.24, 2.45) is 5.41 Å². The lowest BCUT2D eigenvalue weighted by Gasteiger charge is -2.43. The quantitative estimate of drug-likeness (QED) is 0.844. The summed E-state index contributed by atoms with van der Waals surface area (Å²) in [6, 6.07) is -1.18. The third kappa shape index (κ3) is 4.00. The molecule has 0 saturated carbocycles. The molecular formula is C11H16F3NO4. The lowest BCUT2D eigenvalue weighted by atomic mass is 9.76. The normalized spacial score (nSPS) is 23.0. The highest BCUT2D eigenvalue weighted by Gasteiger charge is 2.45. The van der Waals surface area contributed by atoms with Crippen molar-refractivity contribution in [3.8, 4) is 0 Å². The van der Waals surface area contributed by atoms with E-state index in [2.05, 4.69) is 4.74 Å². The van der Waals surface area contributed by atoms with Gasteiger partial charge in [0.25, 0.3) is 0 Å². The van der Waals surface area contributed by atoms with E-state index < -0.39 is 36.3 Å². The zero-order valence-electron chi connectivity index (χ0n) is 10.7. The van der Waals surface area contributed by atoms with Crippen LogP contribution in [0.3, 0.4) is 0 Å². The third-order valence-electron chi connectivity index (χ3n) is 3.10. The fourth-order valence-electron chi connectivity index (χ4n) is 2.28. The standard InChI is InChI=1S/C11H16F3NO4/c1-10(2)4-3-5-15(7(10)8(16)17)9(18)19-6-11(12,13)14/h7H,3-6H2,1-2H3,(H,16,17). The van der Waals surface area contributed by atoms with Gasteiger partial charge >= 0.3 is 18.2 Å². The topological polar surface area (TPSA) is 66.8 Å². The summed E-state index contributed by atoms with van der Waals surface area (Å²) in [4.78, 5) is 23.7. The van der Waals surface area contributed by atoms with Crippen molar-refractivity contribution in [3.05, 3.63) is 0 Å². The van der Waals surface area contributed by atoms with E-state index in [4.69, 9.17) is 5.11 Å². The molecule has 1 aliphatic heterocycles. The van der Waals surface area contributed by atoms with E-state index in [1.54, 1.807) is 13.8 Å². The summed E-state index contributed by atoms with van der Waals surface area (Å²) in [5.41, 5.74) is -0.707. The Morgan fingerprint density at radius 1 is 1.42 bits per heavy atom. The number of likely N-dealkylation sites (tertiary alicyclic amines) is 1. The molecule has 0 radical (unpaired) electrons. The van der Waals surface area contributed by atoms with Crippen LogP contribution in [0.5, 0.6) is 0 Å². The molecule has 0 aromatic heterocycles. The van der Waals surface area contributed by atoms with Gasteiger partial charge in [0, 0.05) is 6.54 Å². The largest absolute Gasteiger partial charge is 0.480 e. The number of carboxylic acids is 1. The fourth-order valence-corrected chi connectivity index (χ4v) is 2.28. The average molecular weight is 283 g/mol. The van der Waals surface area contributed by atoms with Crippen LogP contribution in [0.2, 0.25) is 0 Å². The van der Waals surface area contributed by atoms with Gasteiger partial charge in [-0.1, -0.05) is 13.8 Å². The minimum Gasteiger partial charge on any atom is -0.480 e. The van der Waals surface area contributed by atoms with E-state index in [0.717, 1.165) is 4.90 Å². The second kappa shape index (κ2) is 5.26. The molecule has 0 spiro atoms. The van der Waals surface area contributed by atoms with E-state index in [1.807, 2.05) is 0 Å². The van der Waals surface area contributed by atoms with E-state index in [9.17, 15) is 22.8 Å². The molecule has 0 aromatic carbocycles. The number of halogens is 3. The van der Waals surface area contributed by atoms with Gasteiger partial charge in [0.05, 0.1) is 0 Å². The van der Waals surface area contributed by atoms with Crippen molar-refractivity contribution in [3.63, 3.8) is 0 Å². The van der Waals surface area contributed by atoms with Gasteiger partial charge in [-0.25, -0.2) is 9.59 Å². The molecule has 1 rings (SSSR count). The zero-order chi connectivity index (χ0) is 14.8. The number of nitrogens with zero attached hydrogens (tertiary/aromatic N) is 1. The van der Waals surface area contributed by atoms with Crippen LogP contribution >= 0.6 is 0 Å².